The van der Waals surface area contributed by atoms with Gasteiger partial charge in [0.2, 0.25) is 0 Å². The predicted molar refractivity (Wildman–Crippen MR) is 85.5 cm³/mol. The summed E-state index contributed by atoms with van der Waals surface area (Å²) in [5.74, 6) is -3.27. The maximum Gasteiger partial charge on any atom is 0.318 e. The van der Waals surface area contributed by atoms with E-state index in [1.54, 1.807) is 11.8 Å². The summed E-state index contributed by atoms with van der Waals surface area (Å²) >= 11 is 0. The molecule has 2 unspecified atom stereocenters. The molecule has 7 nitrogen and oxygen atoms in total. The second-order valence-corrected chi connectivity index (χ2v) is 6.68. The van der Waals surface area contributed by atoms with E-state index in [1.807, 2.05) is 6.20 Å². The summed E-state index contributed by atoms with van der Waals surface area (Å²) in [6.07, 6.45) is 2.67. The van der Waals surface area contributed by atoms with Crippen LogP contribution in [0, 0.1) is 0 Å². The van der Waals surface area contributed by atoms with Gasteiger partial charge in [0, 0.05) is 19.9 Å². The van der Waals surface area contributed by atoms with Gasteiger partial charge in [0.25, 0.3) is 5.92 Å². The Bertz CT molecular complexity index is 623. The number of aliphatic hydroxyl groups excluding tert-OH is 1. The number of ether oxygens (including phenoxy) is 1. The Morgan fingerprint density at radius 3 is 3.04 bits per heavy atom. The molecule has 2 heterocycles. The number of carbonyl (C=O) groups is 1. The molecule has 25 heavy (non-hydrogen) atoms. The van der Waals surface area contributed by atoms with Crippen LogP contribution in [0.5, 0.6) is 0 Å². The summed E-state index contributed by atoms with van der Waals surface area (Å²) in [6, 6.07) is -0.809. The fourth-order valence-corrected chi connectivity index (χ4v) is 3.38. The SMILES string of the molecule is COCCn1cc2c(n1)C(NC(=O)N1CCC(O)C(F)(F)C1)CCC2. The number of alkyl halides is 2. The first kappa shape index (κ1) is 18.1. The zero-order valence-corrected chi connectivity index (χ0v) is 14.3. The van der Waals surface area contributed by atoms with Crippen molar-refractivity contribution in [1.29, 1.82) is 0 Å². The summed E-state index contributed by atoms with van der Waals surface area (Å²) < 4.78 is 34.1. The van der Waals surface area contributed by atoms with E-state index in [-0.39, 0.29) is 19.0 Å². The van der Waals surface area contributed by atoms with Crippen LogP contribution in [0.2, 0.25) is 0 Å². The zero-order valence-electron chi connectivity index (χ0n) is 14.3. The van der Waals surface area contributed by atoms with Crippen molar-refractivity contribution >= 4 is 6.03 Å². The molecule has 1 saturated heterocycles. The number of hydrogen-bond acceptors (Lipinski definition) is 4. The van der Waals surface area contributed by atoms with Crippen molar-refractivity contribution in [2.75, 3.05) is 26.8 Å². The van der Waals surface area contributed by atoms with Gasteiger partial charge in [0.05, 0.1) is 31.4 Å². The smallest absolute Gasteiger partial charge is 0.318 e. The molecular weight excluding hydrogens is 334 g/mol. The van der Waals surface area contributed by atoms with E-state index in [4.69, 9.17) is 4.74 Å². The summed E-state index contributed by atoms with van der Waals surface area (Å²) in [7, 11) is 1.62. The molecule has 0 saturated carbocycles. The van der Waals surface area contributed by atoms with Gasteiger partial charge in [-0.1, -0.05) is 0 Å². The lowest BCUT2D eigenvalue weighted by Gasteiger charge is -2.36. The van der Waals surface area contributed by atoms with E-state index in [0.717, 1.165) is 35.4 Å². The Morgan fingerprint density at radius 1 is 1.52 bits per heavy atom. The molecule has 0 aromatic carbocycles. The van der Waals surface area contributed by atoms with Crippen LogP contribution in [0.4, 0.5) is 13.6 Å². The van der Waals surface area contributed by atoms with Gasteiger partial charge in [-0.05, 0) is 31.2 Å². The van der Waals surface area contributed by atoms with Crippen LogP contribution in [-0.4, -0.2) is 64.7 Å². The summed E-state index contributed by atoms with van der Waals surface area (Å²) in [6.45, 7) is 0.523. The van der Waals surface area contributed by atoms with Gasteiger partial charge in [0.1, 0.15) is 6.10 Å². The van der Waals surface area contributed by atoms with Crippen LogP contribution >= 0.6 is 0 Å². The Morgan fingerprint density at radius 2 is 2.32 bits per heavy atom. The van der Waals surface area contributed by atoms with Crippen molar-refractivity contribution in [3.05, 3.63) is 17.5 Å². The Kier molecular flexibility index (Phi) is 5.24. The molecule has 0 radical (unpaired) electrons. The Labute approximate surface area is 144 Å². The highest BCUT2D eigenvalue weighted by molar-refractivity contribution is 5.75. The van der Waals surface area contributed by atoms with Crippen molar-refractivity contribution in [3.63, 3.8) is 0 Å². The van der Waals surface area contributed by atoms with E-state index >= 15 is 0 Å². The number of hydrogen-bond donors (Lipinski definition) is 2. The van der Waals surface area contributed by atoms with E-state index in [9.17, 15) is 18.7 Å². The van der Waals surface area contributed by atoms with Crippen LogP contribution < -0.4 is 5.32 Å². The predicted octanol–water partition coefficient (Wildman–Crippen LogP) is 1.32. The molecule has 0 spiro atoms. The van der Waals surface area contributed by atoms with Crippen molar-refractivity contribution in [3.8, 4) is 0 Å². The molecule has 9 heteroatoms. The highest BCUT2D eigenvalue weighted by Crippen LogP contribution is 2.30. The fourth-order valence-electron chi connectivity index (χ4n) is 3.38. The lowest BCUT2D eigenvalue weighted by atomic mass is 9.94. The third-order valence-electron chi connectivity index (χ3n) is 4.81. The molecule has 1 aliphatic carbocycles. The maximum atomic E-state index is 13.6. The first-order valence-electron chi connectivity index (χ1n) is 8.57. The topological polar surface area (TPSA) is 79.6 Å². The third-order valence-corrected chi connectivity index (χ3v) is 4.81. The zero-order chi connectivity index (χ0) is 18.0. The molecule has 1 aliphatic heterocycles. The maximum absolute atomic E-state index is 13.6. The molecule has 2 aliphatic rings. The highest BCUT2D eigenvalue weighted by Gasteiger charge is 2.45. The molecule has 2 atom stereocenters. The van der Waals surface area contributed by atoms with Gasteiger partial charge < -0.3 is 20.1 Å². The van der Waals surface area contributed by atoms with E-state index in [2.05, 4.69) is 10.4 Å². The molecule has 2 amide bonds. The second-order valence-electron chi connectivity index (χ2n) is 6.68. The van der Waals surface area contributed by atoms with E-state index in [1.165, 1.54) is 0 Å². The van der Waals surface area contributed by atoms with Crippen molar-refractivity contribution in [2.24, 2.45) is 0 Å². The van der Waals surface area contributed by atoms with Crippen LogP contribution in [0.3, 0.4) is 0 Å². The number of aliphatic hydroxyl groups is 1. The summed E-state index contributed by atoms with van der Waals surface area (Å²) in [4.78, 5) is 13.5. The number of nitrogens with one attached hydrogen (secondary N) is 1. The van der Waals surface area contributed by atoms with Crippen molar-refractivity contribution in [2.45, 2.75) is 50.3 Å². The van der Waals surface area contributed by atoms with Crippen molar-refractivity contribution in [1.82, 2.24) is 20.0 Å². The fraction of sp³-hybridized carbons (Fsp3) is 0.750. The minimum atomic E-state index is -3.27. The number of amides is 2. The number of piperidine rings is 1. The van der Waals surface area contributed by atoms with Crippen LogP contribution in [0.15, 0.2) is 6.20 Å². The molecule has 2 N–H and O–H groups in total. The summed E-state index contributed by atoms with van der Waals surface area (Å²) in [5.41, 5.74) is 1.88. The van der Waals surface area contributed by atoms with Gasteiger partial charge in [0.15, 0.2) is 0 Å². The van der Waals surface area contributed by atoms with Crippen molar-refractivity contribution < 1.29 is 23.4 Å². The minimum absolute atomic E-state index is 0.116. The van der Waals surface area contributed by atoms with Crippen LogP contribution in [0.25, 0.3) is 0 Å². The average molecular weight is 358 g/mol. The third kappa shape index (κ3) is 3.92. The van der Waals surface area contributed by atoms with Gasteiger partial charge in [-0.25, -0.2) is 13.6 Å². The number of nitrogens with zero attached hydrogens (tertiary/aromatic N) is 3. The number of likely N-dealkylation sites (tertiary alicyclic amines) is 1. The lowest BCUT2D eigenvalue weighted by Crippen LogP contribution is -2.56. The number of halogens is 2. The number of aryl methyl sites for hydroxylation is 1. The Balaban J connectivity index is 1.66. The molecule has 140 valence electrons. The summed E-state index contributed by atoms with van der Waals surface area (Å²) in [5, 5.41) is 16.7. The Hall–Kier alpha value is -1.74. The molecular formula is C16H24F2N4O3. The normalized spacial score (nSPS) is 25.5. The standard InChI is InChI=1S/C16H24F2N4O3/c1-25-8-7-22-9-11-3-2-4-12(14(11)20-22)19-15(24)21-6-5-13(23)16(17,18)10-21/h9,12-13,23H,2-8,10H2,1H3,(H,19,24). The number of rotatable bonds is 4. The molecule has 1 aromatic rings. The monoisotopic (exact) mass is 358 g/mol. The van der Waals surface area contributed by atoms with Gasteiger partial charge in [-0.2, -0.15) is 5.10 Å². The first-order valence-corrected chi connectivity index (χ1v) is 8.57. The number of methoxy groups -OCH3 is 1. The largest absolute Gasteiger partial charge is 0.387 e. The first-order chi connectivity index (χ1) is 11.9. The molecule has 0 bridgehead atoms. The van der Waals surface area contributed by atoms with E-state index in [0.29, 0.717) is 13.2 Å². The van der Waals surface area contributed by atoms with Gasteiger partial charge >= 0.3 is 6.03 Å². The quantitative estimate of drug-likeness (QED) is 0.851. The van der Waals surface area contributed by atoms with Crippen LogP contribution in [0.1, 0.15) is 36.6 Å². The number of fused-ring (bicyclic) bond motifs is 1. The number of urea groups is 1. The minimum Gasteiger partial charge on any atom is -0.387 e. The highest BCUT2D eigenvalue weighted by atomic mass is 19.3. The lowest BCUT2D eigenvalue weighted by molar-refractivity contribution is -0.141. The molecule has 1 fully saturated rings. The number of carbonyl (C=O) groups excluding carboxylic acids is 1. The number of aromatic nitrogens is 2. The molecule has 1 aromatic heterocycles. The van der Waals surface area contributed by atoms with Gasteiger partial charge in [-0.15, -0.1) is 0 Å². The average Bonchev–Trinajstić information content (AvgIpc) is 2.99. The molecule has 3 rings (SSSR count). The van der Waals surface area contributed by atoms with E-state index < -0.39 is 24.6 Å². The second kappa shape index (κ2) is 7.25. The van der Waals surface area contributed by atoms with Crippen LogP contribution in [-0.2, 0) is 17.7 Å². The van der Waals surface area contributed by atoms with Gasteiger partial charge in [-0.3, -0.25) is 4.68 Å².